The van der Waals surface area contributed by atoms with Gasteiger partial charge in [-0.3, -0.25) is 4.90 Å². The molecule has 5 nitrogen and oxygen atoms in total. The maximum absolute atomic E-state index is 12.3. The van der Waals surface area contributed by atoms with Gasteiger partial charge in [0.2, 0.25) is 0 Å². The van der Waals surface area contributed by atoms with Crippen LogP contribution in [0, 0.1) is 0 Å². The molecular formula is C26H47NO4. The summed E-state index contributed by atoms with van der Waals surface area (Å²) in [7, 11) is 0. The molecule has 1 unspecified atom stereocenters. The molecular weight excluding hydrogens is 390 g/mol. The van der Waals surface area contributed by atoms with Crippen LogP contribution in [0.25, 0.3) is 0 Å². The summed E-state index contributed by atoms with van der Waals surface area (Å²) in [6.07, 6.45) is 22.3. The minimum atomic E-state index is -0.492. The number of unbranched alkanes of at least 4 members (excludes halogenated alkanes) is 14. The van der Waals surface area contributed by atoms with E-state index in [2.05, 4.69) is 13.5 Å². The van der Waals surface area contributed by atoms with Crippen LogP contribution in [-0.2, 0) is 14.3 Å². The number of carbonyl (C=O) groups excluding carboxylic acids is 2. The molecule has 1 fully saturated rings. The number of hydrogen-bond acceptors (Lipinski definition) is 4. The number of nitrogens with zero attached hydrogens (tertiary/aromatic N) is 1. The second kappa shape index (κ2) is 19.2. The first-order chi connectivity index (χ1) is 15.2. The number of rotatable bonds is 19. The molecule has 0 N–H and O–H groups in total. The fraction of sp³-hybridized carbons (Fsp3) is 0.846. The van der Waals surface area contributed by atoms with E-state index < -0.39 is 12.1 Å². The third-order valence-electron chi connectivity index (χ3n) is 6.08. The summed E-state index contributed by atoms with van der Waals surface area (Å²) in [6, 6.07) is -0.492. The van der Waals surface area contributed by atoms with Gasteiger partial charge in [0.25, 0.3) is 0 Å². The Hall–Kier alpha value is -1.52. The number of amides is 1. The lowest BCUT2D eigenvalue weighted by atomic mass is 10.0. The lowest BCUT2D eigenvalue weighted by Crippen LogP contribution is -2.41. The Morgan fingerprint density at radius 1 is 0.839 bits per heavy atom. The monoisotopic (exact) mass is 437 g/mol. The Bertz CT molecular complexity index is 480. The highest BCUT2D eigenvalue weighted by Crippen LogP contribution is 2.20. The molecule has 1 saturated heterocycles. The van der Waals surface area contributed by atoms with Crippen molar-refractivity contribution in [2.75, 3.05) is 19.8 Å². The smallest absolute Gasteiger partial charge is 0.410 e. The zero-order valence-electron chi connectivity index (χ0n) is 20.1. The highest BCUT2D eigenvalue weighted by Gasteiger charge is 2.36. The molecule has 0 radical (unpaired) electrons. The summed E-state index contributed by atoms with van der Waals surface area (Å²) in [5.74, 6) is -0.293. The van der Waals surface area contributed by atoms with Gasteiger partial charge in [-0.15, -0.1) is 0 Å². The van der Waals surface area contributed by atoms with Gasteiger partial charge in [0, 0.05) is 6.54 Å². The third kappa shape index (κ3) is 13.5. The van der Waals surface area contributed by atoms with E-state index in [4.69, 9.17) is 9.47 Å². The molecule has 0 saturated carbocycles. The molecule has 1 amide bonds. The Balaban J connectivity index is 1.91. The summed E-state index contributed by atoms with van der Waals surface area (Å²) in [5.41, 5.74) is 0. The van der Waals surface area contributed by atoms with E-state index in [1.165, 1.54) is 94.4 Å². The average Bonchev–Trinajstić information content (AvgIpc) is 3.27. The molecule has 1 aliphatic rings. The molecule has 5 heteroatoms. The van der Waals surface area contributed by atoms with Gasteiger partial charge in [0.1, 0.15) is 12.6 Å². The van der Waals surface area contributed by atoms with E-state index in [9.17, 15) is 9.59 Å². The lowest BCUT2D eigenvalue weighted by molar-refractivity contribution is -0.148. The summed E-state index contributed by atoms with van der Waals surface area (Å²) in [5, 5.41) is 0. The maximum atomic E-state index is 12.3. The quantitative estimate of drug-likeness (QED) is 0.122. The van der Waals surface area contributed by atoms with Crippen molar-refractivity contribution < 1.29 is 19.1 Å². The molecule has 180 valence electrons. The molecule has 0 spiro atoms. The highest BCUT2D eigenvalue weighted by molar-refractivity contribution is 5.82. The number of carbonyl (C=O) groups is 2. The minimum Gasteiger partial charge on any atom is -0.464 e. The van der Waals surface area contributed by atoms with E-state index in [1.54, 1.807) is 0 Å². The van der Waals surface area contributed by atoms with Crippen molar-refractivity contribution in [1.29, 1.82) is 0 Å². The highest BCUT2D eigenvalue weighted by atomic mass is 16.6. The Kier molecular flexibility index (Phi) is 17.0. The van der Waals surface area contributed by atoms with Crippen LogP contribution in [0.5, 0.6) is 0 Å². The van der Waals surface area contributed by atoms with Crippen LogP contribution in [0.1, 0.15) is 116 Å². The Morgan fingerprint density at radius 2 is 1.35 bits per heavy atom. The van der Waals surface area contributed by atoms with E-state index >= 15 is 0 Å². The normalized spacial score (nSPS) is 15.8. The van der Waals surface area contributed by atoms with Crippen LogP contribution in [0.3, 0.4) is 0 Å². The number of likely N-dealkylation sites (tertiary alicyclic amines) is 1. The maximum Gasteiger partial charge on any atom is 0.410 e. The van der Waals surface area contributed by atoms with Crippen molar-refractivity contribution in [2.24, 2.45) is 0 Å². The van der Waals surface area contributed by atoms with Gasteiger partial charge in [0.05, 0.1) is 6.61 Å². The van der Waals surface area contributed by atoms with Crippen molar-refractivity contribution in [1.82, 2.24) is 4.90 Å². The van der Waals surface area contributed by atoms with Crippen molar-refractivity contribution in [2.45, 2.75) is 122 Å². The molecule has 1 heterocycles. The van der Waals surface area contributed by atoms with Crippen molar-refractivity contribution in [3.63, 3.8) is 0 Å². The van der Waals surface area contributed by atoms with Crippen LogP contribution >= 0.6 is 0 Å². The van der Waals surface area contributed by atoms with Crippen LogP contribution in [-0.4, -0.2) is 42.8 Å². The largest absolute Gasteiger partial charge is 0.464 e. The Morgan fingerprint density at radius 3 is 1.87 bits per heavy atom. The summed E-state index contributed by atoms with van der Waals surface area (Å²) in [6.45, 7) is 6.96. The minimum absolute atomic E-state index is 0.163. The number of hydrogen-bond donors (Lipinski definition) is 0. The van der Waals surface area contributed by atoms with E-state index in [0.717, 1.165) is 19.3 Å². The fourth-order valence-electron chi connectivity index (χ4n) is 4.19. The number of ether oxygens (including phenoxy) is 2. The van der Waals surface area contributed by atoms with Gasteiger partial charge < -0.3 is 9.47 Å². The van der Waals surface area contributed by atoms with Crippen molar-refractivity contribution >= 4 is 12.1 Å². The van der Waals surface area contributed by atoms with Crippen LogP contribution in [0.15, 0.2) is 12.7 Å². The third-order valence-corrected chi connectivity index (χ3v) is 6.08. The van der Waals surface area contributed by atoms with Gasteiger partial charge in [0.15, 0.2) is 0 Å². The second-order valence-corrected chi connectivity index (χ2v) is 8.83. The van der Waals surface area contributed by atoms with Crippen LogP contribution in [0.4, 0.5) is 4.79 Å². The molecule has 1 aliphatic heterocycles. The van der Waals surface area contributed by atoms with Crippen LogP contribution in [0.2, 0.25) is 0 Å². The zero-order valence-corrected chi connectivity index (χ0v) is 20.1. The Labute approximate surface area is 190 Å². The lowest BCUT2D eigenvalue weighted by Gasteiger charge is -2.22. The van der Waals surface area contributed by atoms with Crippen molar-refractivity contribution in [3.05, 3.63) is 12.7 Å². The van der Waals surface area contributed by atoms with Gasteiger partial charge in [-0.05, 0) is 19.3 Å². The molecule has 1 rings (SSSR count). The topological polar surface area (TPSA) is 55.8 Å². The predicted octanol–water partition coefficient (Wildman–Crippen LogP) is 7.19. The molecule has 0 aromatic carbocycles. The van der Waals surface area contributed by atoms with Crippen molar-refractivity contribution in [3.8, 4) is 0 Å². The fourth-order valence-corrected chi connectivity index (χ4v) is 4.19. The summed E-state index contributed by atoms with van der Waals surface area (Å²) < 4.78 is 10.5. The van der Waals surface area contributed by atoms with Gasteiger partial charge in [-0.1, -0.05) is 109 Å². The number of esters is 1. The zero-order chi connectivity index (χ0) is 22.6. The predicted molar refractivity (Wildman–Crippen MR) is 127 cm³/mol. The van der Waals surface area contributed by atoms with Crippen LogP contribution < -0.4 is 0 Å². The van der Waals surface area contributed by atoms with E-state index in [1.807, 2.05) is 0 Å². The molecule has 31 heavy (non-hydrogen) atoms. The first-order valence-corrected chi connectivity index (χ1v) is 12.9. The molecule has 0 bridgehead atoms. The SMILES string of the molecule is C=CCOC(=O)N1CCCC1C(=O)OCCCCCCCCCCCCCCCCC. The van der Waals surface area contributed by atoms with Gasteiger partial charge in [-0.25, -0.2) is 9.59 Å². The molecule has 0 aromatic rings. The molecule has 0 aromatic heterocycles. The van der Waals surface area contributed by atoms with E-state index in [0.29, 0.717) is 19.6 Å². The summed E-state index contributed by atoms with van der Waals surface area (Å²) in [4.78, 5) is 25.8. The van der Waals surface area contributed by atoms with Gasteiger partial charge in [-0.2, -0.15) is 0 Å². The standard InChI is InChI=1S/C26H47NO4/c1-3-5-6-7-8-9-10-11-12-13-14-15-16-17-18-23-30-25(28)24-20-19-21-27(24)26(29)31-22-4-2/h4,24H,2-3,5-23H2,1H3. The van der Waals surface area contributed by atoms with E-state index in [-0.39, 0.29) is 12.6 Å². The first-order valence-electron chi connectivity index (χ1n) is 12.9. The molecule has 1 atom stereocenters. The second-order valence-electron chi connectivity index (χ2n) is 8.83. The summed E-state index contributed by atoms with van der Waals surface area (Å²) >= 11 is 0. The average molecular weight is 438 g/mol. The molecule has 0 aliphatic carbocycles. The van der Waals surface area contributed by atoms with Gasteiger partial charge >= 0.3 is 12.1 Å². The first kappa shape index (κ1) is 27.5.